The predicted molar refractivity (Wildman–Crippen MR) is 108 cm³/mol. The topological polar surface area (TPSA) is 61.9 Å². The molecule has 1 spiro atoms. The second kappa shape index (κ2) is 6.34. The molecule has 3 aliphatic rings. The largest absolute Gasteiger partial charge is 0.470 e. The van der Waals surface area contributed by atoms with Gasteiger partial charge in [-0.05, 0) is 17.7 Å². The summed E-state index contributed by atoms with van der Waals surface area (Å²) in [5.41, 5.74) is 6.29. The number of hydrogen-bond donors (Lipinski definition) is 1. The van der Waals surface area contributed by atoms with Gasteiger partial charge in [0.15, 0.2) is 5.72 Å². The van der Waals surface area contributed by atoms with Gasteiger partial charge in [-0.15, -0.1) is 0 Å². The molecule has 2 aromatic carbocycles. The van der Waals surface area contributed by atoms with E-state index in [-0.39, 0.29) is 6.04 Å². The molecule has 0 bridgehead atoms. The summed E-state index contributed by atoms with van der Waals surface area (Å²) in [6.07, 6.45) is 4.72. The highest BCUT2D eigenvalue weighted by Crippen LogP contribution is 2.48. The molecule has 3 aliphatic heterocycles. The Labute approximate surface area is 165 Å². The summed E-state index contributed by atoms with van der Waals surface area (Å²) < 4.78 is 32.0. The van der Waals surface area contributed by atoms with Gasteiger partial charge in [-0.3, -0.25) is 0 Å². The molecule has 7 heteroatoms. The highest BCUT2D eigenvalue weighted by Gasteiger charge is 2.52. The van der Waals surface area contributed by atoms with Crippen molar-refractivity contribution in [3.8, 4) is 5.75 Å². The number of ether oxygens (including phenoxy) is 1. The molecule has 6 nitrogen and oxygen atoms in total. The molecule has 0 aliphatic carbocycles. The van der Waals surface area contributed by atoms with Crippen molar-refractivity contribution >= 4 is 15.7 Å². The van der Waals surface area contributed by atoms with Crippen LogP contribution in [0.5, 0.6) is 5.75 Å². The number of nitrogens with one attached hydrogen (secondary N) is 1. The maximum atomic E-state index is 12.0. The van der Waals surface area contributed by atoms with Gasteiger partial charge in [0.1, 0.15) is 5.75 Å². The number of sulfonamides is 1. The van der Waals surface area contributed by atoms with E-state index >= 15 is 0 Å². The molecule has 0 amide bonds. The van der Waals surface area contributed by atoms with Gasteiger partial charge in [-0.2, -0.15) is 5.01 Å². The molecule has 28 heavy (non-hydrogen) atoms. The van der Waals surface area contributed by atoms with Crippen molar-refractivity contribution < 1.29 is 13.2 Å². The Bertz CT molecular complexity index is 1030. The monoisotopic (exact) mass is 397 g/mol. The van der Waals surface area contributed by atoms with Crippen molar-refractivity contribution in [3.63, 3.8) is 0 Å². The van der Waals surface area contributed by atoms with Crippen LogP contribution >= 0.6 is 0 Å². The van der Waals surface area contributed by atoms with Crippen molar-refractivity contribution in [2.24, 2.45) is 0 Å². The van der Waals surface area contributed by atoms with Gasteiger partial charge in [-0.1, -0.05) is 48.5 Å². The summed E-state index contributed by atoms with van der Waals surface area (Å²) in [6, 6.07) is 18.4. The summed E-state index contributed by atoms with van der Waals surface area (Å²) >= 11 is 0. The first-order valence-corrected chi connectivity index (χ1v) is 11.4. The SMILES string of the molecule is CS(=O)(=O)N1CCC2(CC1)Oc1ccccc1[C@H]1C=C(c3ccccc3)NN12. The summed E-state index contributed by atoms with van der Waals surface area (Å²) in [4.78, 5) is 0. The molecule has 1 N–H and O–H groups in total. The minimum atomic E-state index is -3.19. The highest BCUT2D eigenvalue weighted by atomic mass is 32.2. The van der Waals surface area contributed by atoms with E-state index < -0.39 is 15.7 Å². The Balaban J connectivity index is 1.52. The molecule has 1 atom stereocenters. The predicted octanol–water partition coefficient (Wildman–Crippen LogP) is 2.73. The van der Waals surface area contributed by atoms with Crippen molar-refractivity contribution in [2.75, 3.05) is 19.3 Å². The van der Waals surface area contributed by atoms with Crippen LogP contribution in [-0.2, 0) is 10.0 Å². The molecule has 3 heterocycles. The van der Waals surface area contributed by atoms with Crippen LogP contribution < -0.4 is 10.2 Å². The van der Waals surface area contributed by atoms with E-state index in [9.17, 15) is 8.42 Å². The van der Waals surface area contributed by atoms with Crippen LogP contribution in [0.3, 0.4) is 0 Å². The molecule has 1 saturated heterocycles. The average Bonchev–Trinajstić information content (AvgIpc) is 3.15. The van der Waals surface area contributed by atoms with Crippen LogP contribution in [0.25, 0.3) is 5.70 Å². The molecule has 5 rings (SSSR count). The third-order valence-electron chi connectivity index (χ3n) is 5.88. The molecule has 0 unspecified atom stereocenters. The molecule has 2 aromatic rings. The lowest BCUT2D eigenvalue weighted by Crippen LogP contribution is -2.64. The van der Waals surface area contributed by atoms with E-state index in [4.69, 9.17) is 4.74 Å². The number of para-hydroxylation sites is 1. The second-order valence-electron chi connectivity index (χ2n) is 7.62. The standard InChI is InChI=1S/C21H23N3O3S/c1-28(25,26)23-13-11-21(12-14-23)24-19(17-9-5-6-10-20(17)27-21)15-18(22-24)16-7-3-2-4-8-16/h2-10,15,19,22H,11-14H2,1H3/t19-/m1/s1. The summed E-state index contributed by atoms with van der Waals surface area (Å²) in [5, 5.41) is 2.18. The fourth-order valence-corrected chi connectivity index (χ4v) is 5.26. The Hall–Kier alpha value is -2.35. The van der Waals surface area contributed by atoms with Gasteiger partial charge in [0.2, 0.25) is 10.0 Å². The Morgan fingerprint density at radius 3 is 2.43 bits per heavy atom. The Kier molecular flexibility index (Phi) is 4.01. The molecule has 146 valence electrons. The normalized spacial score (nSPS) is 24.0. The minimum Gasteiger partial charge on any atom is -0.470 e. The molecule has 1 fully saturated rings. The number of hydrogen-bond acceptors (Lipinski definition) is 5. The van der Waals surface area contributed by atoms with E-state index in [0.717, 1.165) is 22.6 Å². The van der Waals surface area contributed by atoms with Crippen molar-refractivity contribution in [1.82, 2.24) is 14.7 Å². The number of rotatable bonds is 2. The fraction of sp³-hybridized carbons (Fsp3) is 0.333. The smallest absolute Gasteiger partial charge is 0.211 e. The van der Waals surface area contributed by atoms with E-state index in [2.05, 4.69) is 34.7 Å². The van der Waals surface area contributed by atoms with E-state index in [1.807, 2.05) is 36.4 Å². The van der Waals surface area contributed by atoms with Crippen LogP contribution in [0.1, 0.15) is 30.0 Å². The van der Waals surface area contributed by atoms with Crippen molar-refractivity contribution in [3.05, 3.63) is 71.8 Å². The molecule has 0 aromatic heterocycles. The lowest BCUT2D eigenvalue weighted by Gasteiger charge is -2.51. The average molecular weight is 398 g/mol. The highest BCUT2D eigenvalue weighted by molar-refractivity contribution is 7.88. The van der Waals surface area contributed by atoms with Crippen LogP contribution in [0, 0.1) is 0 Å². The van der Waals surface area contributed by atoms with Gasteiger partial charge in [0, 0.05) is 31.5 Å². The first-order chi connectivity index (χ1) is 13.5. The van der Waals surface area contributed by atoms with Crippen LogP contribution in [0.15, 0.2) is 60.7 Å². The fourth-order valence-electron chi connectivity index (χ4n) is 4.41. The van der Waals surface area contributed by atoms with E-state index in [1.165, 1.54) is 6.26 Å². The first-order valence-electron chi connectivity index (χ1n) is 9.53. The zero-order valence-corrected chi connectivity index (χ0v) is 16.5. The quantitative estimate of drug-likeness (QED) is 0.844. The summed E-state index contributed by atoms with van der Waals surface area (Å²) in [5.74, 6) is 0.879. The third-order valence-corrected chi connectivity index (χ3v) is 7.18. The number of piperidine rings is 1. The zero-order valence-electron chi connectivity index (χ0n) is 15.7. The van der Waals surface area contributed by atoms with E-state index in [1.54, 1.807) is 4.31 Å². The van der Waals surface area contributed by atoms with E-state index in [0.29, 0.717) is 25.9 Å². The van der Waals surface area contributed by atoms with Gasteiger partial charge in [-0.25, -0.2) is 12.7 Å². The molecule has 0 radical (unpaired) electrons. The molecular weight excluding hydrogens is 374 g/mol. The first kappa shape index (κ1) is 17.7. The maximum Gasteiger partial charge on any atom is 0.211 e. The third kappa shape index (κ3) is 2.82. The van der Waals surface area contributed by atoms with Crippen molar-refractivity contribution in [1.29, 1.82) is 0 Å². The summed E-state index contributed by atoms with van der Waals surface area (Å²) in [7, 11) is -3.19. The number of nitrogens with zero attached hydrogens (tertiary/aromatic N) is 2. The van der Waals surface area contributed by atoms with Gasteiger partial charge in [0.25, 0.3) is 0 Å². The van der Waals surface area contributed by atoms with Crippen LogP contribution in [0.2, 0.25) is 0 Å². The van der Waals surface area contributed by atoms with Crippen molar-refractivity contribution in [2.45, 2.75) is 24.6 Å². The minimum absolute atomic E-state index is 0.0462. The number of benzene rings is 2. The Morgan fingerprint density at radius 1 is 1.04 bits per heavy atom. The summed E-state index contributed by atoms with van der Waals surface area (Å²) in [6.45, 7) is 0.902. The Morgan fingerprint density at radius 2 is 1.71 bits per heavy atom. The lowest BCUT2D eigenvalue weighted by molar-refractivity contribution is -0.153. The second-order valence-corrected chi connectivity index (χ2v) is 9.60. The van der Waals surface area contributed by atoms with Gasteiger partial charge in [0.05, 0.1) is 18.0 Å². The van der Waals surface area contributed by atoms with Crippen LogP contribution in [-0.4, -0.2) is 42.8 Å². The number of hydrazine groups is 1. The molecular formula is C21H23N3O3S. The maximum absolute atomic E-state index is 12.0. The van der Waals surface area contributed by atoms with Gasteiger partial charge >= 0.3 is 0 Å². The van der Waals surface area contributed by atoms with Crippen LogP contribution in [0.4, 0.5) is 0 Å². The number of fused-ring (bicyclic) bond motifs is 4. The lowest BCUT2D eigenvalue weighted by atomic mass is 9.93. The zero-order chi connectivity index (χ0) is 19.4. The van der Waals surface area contributed by atoms with Gasteiger partial charge < -0.3 is 10.2 Å². The molecule has 0 saturated carbocycles.